The zero-order valence-electron chi connectivity index (χ0n) is 30.2. The lowest BCUT2D eigenvalue weighted by atomic mass is 10.1. The number of allylic oxidation sites excluding steroid dienone is 2. The fourth-order valence-electron chi connectivity index (χ4n) is 5.47. The zero-order chi connectivity index (χ0) is 36.6. The Balaban J connectivity index is 1.21. The number of hydrogen-bond acceptors (Lipinski definition) is 8. The van der Waals surface area contributed by atoms with Gasteiger partial charge in [0.1, 0.15) is 17.2 Å². The Kier molecular flexibility index (Phi) is 17.6. The zero-order valence-corrected chi connectivity index (χ0v) is 30.2. The molecule has 0 aliphatic heterocycles. The fraction of sp³-hybridized carbons (Fsp3) is 0.341. The molecule has 4 aromatic rings. The molecule has 0 radical (unpaired) electrons. The van der Waals surface area contributed by atoms with E-state index >= 15 is 0 Å². The Morgan fingerprint density at radius 1 is 0.558 bits per heavy atom. The average Bonchev–Trinajstić information content (AvgIpc) is 3.16. The van der Waals surface area contributed by atoms with Gasteiger partial charge in [-0.1, -0.05) is 94.7 Å². The number of hydrogen-bond donors (Lipinski definition) is 0. The minimum Gasteiger partial charge on any atom is -0.427 e. The van der Waals surface area contributed by atoms with Gasteiger partial charge in [-0.3, -0.25) is 14.8 Å². The number of aromatic nitrogens is 2. The molecule has 2 aromatic carbocycles. The molecule has 0 bridgehead atoms. The molecule has 2 heterocycles. The van der Waals surface area contributed by atoms with Crippen LogP contribution in [0.5, 0.6) is 17.2 Å². The highest BCUT2D eigenvalue weighted by molar-refractivity contribution is 5.92. The third-order valence-corrected chi connectivity index (χ3v) is 8.34. The molecule has 0 fully saturated rings. The average molecular weight is 703 g/mol. The van der Waals surface area contributed by atoms with Crippen molar-refractivity contribution in [3.8, 4) is 17.2 Å². The number of ether oxygens (including phenoxy) is 3. The summed E-state index contributed by atoms with van der Waals surface area (Å²) in [5, 5.41) is 0. The minimum absolute atomic E-state index is 0.193. The molecule has 0 amide bonds. The van der Waals surface area contributed by atoms with E-state index in [4.69, 9.17) is 14.2 Å². The molecular weight excluding hydrogens is 652 g/mol. The lowest BCUT2D eigenvalue weighted by Crippen LogP contribution is -2.11. The van der Waals surface area contributed by atoms with Crippen molar-refractivity contribution in [2.75, 3.05) is 0 Å². The lowest BCUT2D eigenvalue weighted by Gasteiger charge is -2.09. The van der Waals surface area contributed by atoms with Gasteiger partial charge in [-0.25, -0.2) is 9.59 Å². The Morgan fingerprint density at radius 2 is 1.08 bits per heavy atom. The third kappa shape index (κ3) is 15.3. The van der Waals surface area contributed by atoms with E-state index in [0.717, 1.165) is 31.2 Å². The van der Waals surface area contributed by atoms with Crippen molar-refractivity contribution in [2.24, 2.45) is 0 Å². The smallest absolute Gasteiger partial charge is 0.345 e. The van der Waals surface area contributed by atoms with Crippen LogP contribution in [-0.2, 0) is 4.79 Å². The first-order valence-corrected chi connectivity index (χ1v) is 18.5. The third-order valence-electron chi connectivity index (χ3n) is 8.34. The quantitative estimate of drug-likeness (QED) is 0.0262. The van der Waals surface area contributed by atoms with Crippen LogP contribution in [0.3, 0.4) is 0 Å². The first-order valence-electron chi connectivity index (χ1n) is 18.5. The summed E-state index contributed by atoms with van der Waals surface area (Å²) in [6, 6.07) is 18.5. The summed E-state index contributed by atoms with van der Waals surface area (Å²) in [5.74, 6) is -0.546. The summed E-state index contributed by atoms with van der Waals surface area (Å²) < 4.78 is 16.7. The van der Waals surface area contributed by atoms with Gasteiger partial charge in [0, 0.05) is 37.3 Å². The van der Waals surface area contributed by atoms with Crippen LogP contribution >= 0.6 is 0 Å². The molecule has 4 rings (SSSR count). The van der Waals surface area contributed by atoms with E-state index in [0.29, 0.717) is 17.7 Å². The van der Waals surface area contributed by atoms with E-state index in [9.17, 15) is 14.4 Å². The number of benzene rings is 2. The van der Waals surface area contributed by atoms with Gasteiger partial charge in [-0.05, 0) is 91.8 Å². The summed E-state index contributed by atoms with van der Waals surface area (Å²) >= 11 is 0. The fourth-order valence-corrected chi connectivity index (χ4v) is 5.47. The summed E-state index contributed by atoms with van der Waals surface area (Å²) in [4.78, 5) is 45.8. The van der Waals surface area contributed by atoms with E-state index in [1.807, 2.05) is 18.2 Å². The number of carbonyl (C=O) groups is 3. The predicted molar refractivity (Wildman–Crippen MR) is 205 cm³/mol. The maximum absolute atomic E-state index is 12.7. The van der Waals surface area contributed by atoms with Crippen molar-refractivity contribution in [1.82, 2.24) is 9.97 Å². The second kappa shape index (κ2) is 23.2. The van der Waals surface area contributed by atoms with Crippen LogP contribution in [0.1, 0.15) is 129 Å². The van der Waals surface area contributed by atoms with Gasteiger partial charge < -0.3 is 14.2 Å². The van der Waals surface area contributed by atoms with Gasteiger partial charge in [0.15, 0.2) is 0 Å². The molecule has 2 aromatic heterocycles. The molecule has 272 valence electrons. The first-order chi connectivity index (χ1) is 25.5. The largest absolute Gasteiger partial charge is 0.427 e. The second-order valence-corrected chi connectivity index (χ2v) is 12.7. The van der Waals surface area contributed by atoms with Crippen LogP contribution in [0.2, 0.25) is 0 Å². The van der Waals surface area contributed by atoms with Gasteiger partial charge in [-0.15, -0.1) is 0 Å². The van der Waals surface area contributed by atoms with E-state index < -0.39 is 11.9 Å². The number of rotatable bonds is 22. The molecule has 8 heteroatoms. The SMILES string of the molecule is CCCCCCCC/C=C\CCCCCCCC(=O)Oc1ccc(/C=C/c2cc(OC(=O)c3cccnc3)cc(OC(=O)c3cccnc3)c2)cc1. The predicted octanol–water partition coefficient (Wildman–Crippen LogP) is 11.0. The van der Waals surface area contributed by atoms with Gasteiger partial charge >= 0.3 is 17.9 Å². The second-order valence-electron chi connectivity index (χ2n) is 12.7. The molecule has 8 nitrogen and oxygen atoms in total. The highest BCUT2D eigenvalue weighted by Crippen LogP contribution is 2.26. The van der Waals surface area contributed by atoms with Crippen molar-refractivity contribution in [3.05, 3.63) is 126 Å². The minimum atomic E-state index is -0.596. The highest BCUT2D eigenvalue weighted by Gasteiger charge is 2.14. The molecule has 0 N–H and O–H groups in total. The Bertz CT molecular complexity index is 1650. The first kappa shape index (κ1) is 39.4. The standard InChI is InChI=1S/C44H50N2O6/c1-2-3-4-5-6-7-8-9-10-11-12-13-14-15-16-21-42(47)50-39-26-24-35(25-27-39)22-23-36-30-40(51-43(48)37-19-17-28-45-33-37)32-41(31-36)52-44(49)38-20-18-29-46-34-38/h9-10,17-20,22-34H,2-8,11-16,21H2,1H3/b10-9-,23-22+. The summed E-state index contributed by atoms with van der Waals surface area (Å²) in [5.41, 5.74) is 2.04. The number of pyridine rings is 2. The van der Waals surface area contributed by atoms with Gasteiger partial charge in [0.05, 0.1) is 11.1 Å². The molecule has 0 saturated carbocycles. The molecule has 0 aliphatic carbocycles. The molecule has 52 heavy (non-hydrogen) atoms. The highest BCUT2D eigenvalue weighted by atomic mass is 16.5. The molecule has 0 saturated heterocycles. The van der Waals surface area contributed by atoms with Crippen LogP contribution in [0.15, 0.2) is 104 Å². The van der Waals surface area contributed by atoms with Crippen molar-refractivity contribution in [1.29, 1.82) is 0 Å². The molecule has 0 aliphatic rings. The van der Waals surface area contributed by atoms with Gasteiger partial charge in [0.25, 0.3) is 0 Å². The van der Waals surface area contributed by atoms with Gasteiger partial charge in [0.2, 0.25) is 0 Å². The van der Waals surface area contributed by atoms with Crippen LogP contribution in [0.25, 0.3) is 12.2 Å². The van der Waals surface area contributed by atoms with Crippen LogP contribution < -0.4 is 14.2 Å². The van der Waals surface area contributed by atoms with E-state index in [2.05, 4.69) is 29.0 Å². The molecule has 0 spiro atoms. The van der Waals surface area contributed by atoms with E-state index in [1.165, 1.54) is 76.2 Å². The monoisotopic (exact) mass is 702 g/mol. The summed E-state index contributed by atoms with van der Waals surface area (Å²) in [6.07, 6.45) is 30.4. The van der Waals surface area contributed by atoms with Crippen molar-refractivity contribution < 1.29 is 28.6 Å². The molecule has 0 atom stereocenters. The van der Waals surface area contributed by atoms with Crippen LogP contribution in [0.4, 0.5) is 0 Å². The normalized spacial score (nSPS) is 11.2. The van der Waals surface area contributed by atoms with Crippen molar-refractivity contribution in [2.45, 2.75) is 96.8 Å². The number of nitrogens with zero attached hydrogens (tertiary/aromatic N) is 2. The summed E-state index contributed by atoms with van der Waals surface area (Å²) in [6.45, 7) is 2.25. The van der Waals surface area contributed by atoms with Gasteiger partial charge in [-0.2, -0.15) is 0 Å². The maximum atomic E-state index is 12.7. The molecular formula is C44H50N2O6. The Hall–Kier alpha value is -5.37. The Morgan fingerprint density at radius 3 is 1.62 bits per heavy atom. The Labute approximate surface area is 308 Å². The topological polar surface area (TPSA) is 105 Å². The maximum Gasteiger partial charge on any atom is 0.345 e. The van der Waals surface area contributed by atoms with E-state index in [1.54, 1.807) is 67.0 Å². The van der Waals surface area contributed by atoms with Crippen molar-refractivity contribution in [3.63, 3.8) is 0 Å². The van der Waals surface area contributed by atoms with E-state index in [-0.39, 0.29) is 28.6 Å². The van der Waals surface area contributed by atoms with Crippen molar-refractivity contribution >= 4 is 30.1 Å². The lowest BCUT2D eigenvalue weighted by molar-refractivity contribution is -0.134. The molecule has 0 unspecified atom stereocenters. The van der Waals surface area contributed by atoms with Crippen LogP contribution in [-0.4, -0.2) is 27.9 Å². The van der Waals surface area contributed by atoms with Crippen LogP contribution in [0, 0.1) is 0 Å². The number of carbonyl (C=O) groups excluding carboxylic acids is 3. The number of esters is 3. The number of unbranched alkanes of at least 4 members (excludes halogenated alkanes) is 11. The summed E-state index contributed by atoms with van der Waals surface area (Å²) in [7, 11) is 0.